The standard InChI is InChI=1S/C13H25NO3/c1-6-7-10(11(15)16)14-12(17)13(4,5)8-9(2)3/h9-10H,6-8H2,1-5H3,(H,14,17)(H,15,16). The Balaban J connectivity index is 4.54. The molecule has 0 aromatic rings. The molecule has 0 aromatic carbocycles. The van der Waals surface area contributed by atoms with Gasteiger partial charge in [0.05, 0.1) is 0 Å². The summed E-state index contributed by atoms with van der Waals surface area (Å²) in [5, 5.41) is 11.6. The van der Waals surface area contributed by atoms with E-state index in [1.54, 1.807) is 0 Å². The molecule has 0 saturated heterocycles. The molecule has 0 rings (SSSR count). The first-order chi connectivity index (χ1) is 7.70. The summed E-state index contributed by atoms with van der Waals surface area (Å²) < 4.78 is 0. The Labute approximate surface area is 104 Å². The quantitative estimate of drug-likeness (QED) is 0.721. The highest BCUT2D eigenvalue weighted by Gasteiger charge is 2.31. The number of hydrogen-bond donors (Lipinski definition) is 2. The number of amides is 1. The number of aliphatic carboxylic acids is 1. The Morgan fingerprint density at radius 3 is 2.18 bits per heavy atom. The van der Waals surface area contributed by atoms with Gasteiger partial charge in [-0.05, 0) is 18.8 Å². The second-order valence-electron chi connectivity index (χ2n) is 5.63. The number of carboxylic acid groups (broad SMARTS) is 1. The van der Waals surface area contributed by atoms with Gasteiger partial charge in [0.25, 0.3) is 0 Å². The van der Waals surface area contributed by atoms with Crippen molar-refractivity contribution in [1.82, 2.24) is 5.32 Å². The summed E-state index contributed by atoms with van der Waals surface area (Å²) in [5.74, 6) is -0.724. The van der Waals surface area contributed by atoms with Crippen LogP contribution in [0.2, 0.25) is 0 Å². The minimum atomic E-state index is -0.958. The fourth-order valence-electron chi connectivity index (χ4n) is 2.01. The van der Waals surface area contributed by atoms with Gasteiger partial charge in [0, 0.05) is 5.41 Å². The van der Waals surface area contributed by atoms with E-state index in [-0.39, 0.29) is 5.91 Å². The third kappa shape index (κ3) is 5.71. The van der Waals surface area contributed by atoms with E-state index in [0.717, 1.165) is 12.8 Å². The summed E-state index contributed by atoms with van der Waals surface area (Å²) in [6, 6.07) is -0.765. The lowest BCUT2D eigenvalue weighted by molar-refractivity contribution is -0.143. The van der Waals surface area contributed by atoms with Crippen LogP contribution in [0.1, 0.15) is 53.9 Å². The zero-order valence-corrected chi connectivity index (χ0v) is 11.5. The normalized spacial score (nSPS) is 13.5. The number of rotatable bonds is 7. The summed E-state index contributed by atoms with van der Waals surface area (Å²) in [5.41, 5.74) is -0.518. The third-order valence-corrected chi connectivity index (χ3v) is 2.71. The summed E-state index contributed by atoms with van der Waals surface area (Å²) >= 11 is 0. The van der Waals surface area contributed by atoms with Crippen LogP contribution in [0.15, 0.2) is 0 Å². The lowest BCUT2D eigenvalue weighted by Gasteiger charge is -2.27. The molecule has 0 aliphatic heterocycles. The molecule has 0 aliphatic rings. The van der Waals surface area contributed by atoms with Gasteiger partial charge in [-0.1, -0.05) is 41.0 Å². The number of carbonyl (C=O) groups excluding carboxylic acids is 1. The van der Waals surface area contributed by atoms with Gasteiger partial charge in [0.15, 0.2) is 0 Å². The Morgan fingerprint density at radius 1 is 1.29 bits per heavy atom. The highest BCUT2D eigenvalue weighted by molar-refractivity contribution is 5.86. The molecular formula is C13H25NO3. The molecule has 0 fully saturated rings. The third-order valence-electron chi connectivity index (χ3n) is 2.71. The maximum atomic E-state index is 12.0. The molecule has 0 aliphatic carbocycles. The average Bonchev–Trinajstić information content (AvgIpc) is 2.14. The van der Waals surface area contributed by atoms with Crippen LogP contribution >= 0.6 is 0 Å². The maximum absolute atomic E-state index is 12.0. The highest BCUT2D eigenvalue weighted by atomic mass is 16.4. The Bertz CT molecular complexity index is 272. The van der Waals surface area contributed by atoms with Crippen molar-refractivity contribution >= 4 is 11.9 Å². The SMILES string of the molecule is CCCC(NC(=O)C(C)(C)CC(C)C)C(=O)O. The van der Waals surface area contributed by atoms with E-state index < -0.39 is 17.4 Å². The van der Waals surface area contributed by atoms with Crippen molar-refractivity contribution in [2.24, 2.45) is 11.3 Å². The molecule has 0 bridgehead atoms. The van der Waals surface area contributed by atoms with E-state index in [4.69, 9.17) is 5.11 Å². The van der Waals surface area contributed by atoms with Gasteiger partial charge < -0.3 is 10.4 Å². The first-order valence-corrected chi connectivity index (χ1v) is 6.24. The van der Waals surface area contributed by atoms with Crippen molar-refractivity contribution in [2.45, 2.75) is 59.9 Å². The predicted molar refractivity (Wildman–Crippen MR) is 67.7 cm³/mol. The van der Waals surface area contributed by atoms with E-state index in [9.17, 15) is 9.59 Å². The van der Waals surface area contributed by atoms with E-state index in [1.807, 2.05) is 20.8 Å². The predicted octanol–water partition coefficient (Wildman–Crippen LogP) is 2.43. The molecule has 1 atom stereocenters. The average molecular weight is 243 g/mol. The van der Waals surface area contributed by atoms with Gasteiger partial charge in [-0.15, -0.1) is 0 Å². The van der Waals surface area contributed by atoms with Gasteiger partial charge >= 0.3 is 5.97 Å². The fourth-order valence-corrected chi connectivity index (χ4v) is 2.01. The van der Waals surface area contributed by atoms with Gasteiger partial charge in [-0.3, -0.25) is 4.79 Å². The lowest BCUT2D eigenvalue weighted by Crippen LogP contribution is -2.46. The molecule has 0 spiro atoms. The van der Waals surface area contributed by atoms with E-state index in [1.165, 1.54) is 0 Å². The number of hydrogen-bond acceptors (Lipinski definition) is 2. The molecule has 0 aromatic heterocycles. The molecule has 4 heteroatoms. The molecule has 100 valence electrons. The second kappa shape index (κ2) is 6.62. The minimum absolute atomic E-state index is 0.174. The Hall–Kier alpha value is -1.06. The van der Waals surface area contributed by atoms with Crippen molar-refractivity contribution < 1.29 is 14.7 Å². The van der Waals surface area contributed by atoms with Crippen molar-refractivity contribution in [3.8, 4) is 0 Å². The monoisotopic (exact) mass is 243 g/mol. The van der Waals surface area contributed by atoms with E-state index in [2.05, 4.69) is 19.2 Å². The molecule has 1 amide bonds. The second-order valence-corrected chi connectivity index (χ2v) is 5.63. The summed E-state index contributed by atoms with van der Waals surface area (Å²) in [4.78, 5) is 23.0. The van der Waals surface area contributed by atoms with Gasteiger partial charge in [0.1, 0.15) is 6.04 Å². The summed E-state index contributed by atoms with van der Waals surface area (Å²) in [7, 11) is 0. The van der Waals surface area contributed by atoms with Crippen LogP contribution < -0.4 is 5.32 Å². The molecule has 2 N–H and O–H groups in total. The van der Waals surface area contributed by atoms with Crippen LogP contribution in [0.25, 0.3) is 0 Å². The molecular weight excluding hydrogens is 218 g/mol. The van der Waals surface area contributed by atoms with Gasteiger partial charge in [-0.2, -0.15) is 0 Å². The summed E-state index contributed by atoms with van der Waals surface area (Å²) in [6.45, 7) is 9.72. The van der Waals surface area contributed by atoms with Crippen LogP contribution in [0, 0.1) is 11.3 Å². The number of nitrogens with one attached hydrogen (secondary N) is 1. The van der Waals surface area contributed by atoms with Crippen LogP contribution in [0.3, 0.4) is 0 Å². The van der Waals surface area contributed by atoms with Crippen LogP contribution in [-0.4, -0.2) is 23.0 Å². The molecule has 1 unspecified atom stereocenters. The zero-order chi connectivity index (χ0) is 13.6. The van der Waals surface area contributed by atoms with Gasteiger partial charge in [0.2, 0.25) is 5.91 Å². The first-order valence-electron chi connectivity index (χ1n) is 6.24. The lowest BCUT2D eigenvalue weighted by atomic mass is 9.83. The van der Waals surface area contributed by atoms with Crippen molar-refractivity contribution in [1.29, 1.82) is 0 Å². The zero-order valence-electron chi connectivity index (χ0n) is 11.5. The van der Waals surface area contributed by atoms with Crippen LogP contribution in [-0.2, 0) is 9.59 Å². The van der Waals surface area contributed by atoms with E-state index >= 15 is 0 Å². The molecule has 17 heavy (non-hydrogen) atoms. The molecule has 4 nitrogen and oxygen atoms in total. The largest absolute Gasteiger partial charge is 0.480 e. The van der Waals surface area contributed by atoms with Crippen molar-refractivity contribution in [3.05, 3.63) is 0 Å². The Morgan fingerprint density at radius 2 is 1.82 bits per heavy atom. The van der Waals surface area contributed by atoms with Crippen LogP contribution in [0.4, 0.5) is 0 Å². The first kappa shape index (κ1) is 15.9. The molecule has 0 saturated carbocycles. The fraction of sp³-hybridized carbons (Fsp3) is 0.846. The number of carboxylic acids is 1. The smallest absolute Gasteiger partial charge is 0.326 e. The van der Waals surface area contributed by atoms with Crippen molar-refractivity contribution in [2.75, 3.05) is 0 Å². The van der Waals surface area contributed by atoms with E-state index in [0.29, 0.717) is 12.3 Å². The Kier molecular flexibility index (Phi) is 6.21. The van der Waals surface area contributed by atoms with Crippen LogP contribution in [0.5, 0.6) is 0 Å². The number of carbonyl (C=O) groups is 2. The van der Waals surface area contributed by atoms with Crippen molar-refractivity contribution in [3.63, 3.8) is 0 Å². The minimum Gasteiger partial charge on any atom is -0.480 e. The van der Waals surface area contributed by atoms with Gasteiger partial charge in [-0.25, -0.2) is 4.79 Å². The highest BCUT2D eigenvalue weighted by Crippen LogP contribution is 2.25. The molecule has 0 radical (unpaired) electrons. The molecule has 0 heterocycles. The maximum Gasteiger partial charge on any atom is 0.326 e. The summed E-state index contributed by atoms with van der Waals surface area (Å²) in [6.07, 6.45) is 1.96. The topological polar surface area (TPSA) is 66.4 Å².